The average molecular weight is 303 g/mol. The summed E-state index contributed by atoms with van der Waals surface area (Å²) in [5.41, 5.74) is 0.493. The van der Waals surface area contributed by atoms with Gasteiger partial charge in [0.05, 0.1) is 31.2 Å². The Morgan fingerprint density at radius 3 is 2.37 bits per heavy atom. The summed E-state index contributed by atoms with van der Waals surface area (Å²) in [4.78, 5) is 8.19. The van der Waals surface area contributed by atoms with Gasteiger partial charge < -0.3 is 14.2 Å². The zero-order chi connectivity index (χ0) is 14.0. The highest BCUT2D eigenvalue weighted by atomic mass is 35.5. The highest BCUT2D eigenvalue weighted by Crippen LogP contribution is 2.43. The molecule has 0 atom stereocenters. The average Bonchev–Trinajstić information content (AvgIpc) is 2.38. The fraction of sp³-hybridized carbons (Fsp3) is 0.333. The lowest BCUT2D eigenvalue weighted by atomic mass is 10.2. The lowest BCUT2D eigenvalue weighted by Gasteiger charge is -2.13. The Morgan fingerprint density at radius 2 is 1.79 bits per heavy atom. The maximum atomic E-state index is 6.15. The number of ether oxygens (including phenoxy) is 3. The molecule has 2 rings (SSSR count). The van der Waals surface area contributed by atoms with Gasteiger partial charge in [0.1, 0.15) is 5.52 Å². The van der Waals surface area contributed by atoms with Crippen molar-refractivity contribution in [3.8, 4) is 17.4 Å². The molecule has 0 saturated carbocycles. The van der Waals surface area contributed by atoms with Crippen LogP contribution in [0.4, 0.5) is 0 Å². The first kappa shape index (κ1) is 14.0. The van der Waals surface area contributed by atoms with Crippen LogP contribution < -0.4 is 14.2 Å². The van der Waals surface area contributed by atoms with E-state index < -0.39 is 0 Å². The molecule has 7 heteroatoms. The summed E-state index contributed by atoms with van der Waals surface area (Å²) in [6.45, 7) is 2.30. The molecule has 0 N–H and O–H groups in total. The Labute approximate surface area is 120 Å². The molecule has 1 aromatic carbocycles. The van der Waals surface area contributed by atoms with Gasteiger partial charge in [-0.05, 0) is 24.6 Å². The number of hydrogen-bond acceptors (Lipinski definition) is 5. The van der Waals surface area contributed by atoms with Crippen LogP contribution in [0.15, 0.2) is 6.07 Å². The van der Waals surface area contributed by atoms with Gasteiger partial charge in [0.2, 0.25) is 11.2 Å². The van der Waals surface area contributed by atoms with E-state index in [1.807, 2.05) is 6.92 Å². The molecule has 102 valence electrons. The van der Waals surface area contributed by atoms with Crippen LogP contribution in [0.1, 0.15) is 6.92 Å². The van der Waals surface area contributed by atoms with Crippen molar-refractivity contribution in [1.82, 2.24) is 9.97 Å². The zero-order valence-corrected chi connectivity index (χ0v) is 12.2. The molecule has 0 fully saturated rings. The van der Waals surface area contributed by atoms with Gasteiger partial charge in [-0.15, -0.1) is 0 Å². The van der Waals surface area contributed by atoms with Gasteiger partial charge >= 0.3 is 0 Å². The van der Waals surface area contributed by atoms with Crippen LogP contribution in [0, 0.1) is 0 Å². The van der Waals surface area contributed by atoms with Crippen molar-refractivity contribution >= 4 is 34.1 Å². The van der Waals surface area contributed by atoms with Gasteiger partial charge in [0.25, 0.3) is 0 Å². The number of rotatable bonds is 4. The second kappa shape index (κ2) is 5.67. The normalized spacial score (nSPS) is 10.6. The van der Waals surface area contributed by atoms with Crippen molar-refractivity contribution in [3.05, 3.63) is 16.4 Å². The van der Waals surface area contributed by atoms with Crippen molar-refractivity contribution in [2.24, 2.45) is 0 Å². The number of nitrogens with zero attached hydrogens (tertiary/aromatic N) is 2. The zero-order valence-electron chi connectivity index (χ0n) is 10.7. The molecule has 2 aromatic rings. The van der Waals surface area contributed by atoms with E-state index in [0.29, 0.717) is 39.9 Å². The first-order valence-electron chi connectivity index (χ1n) is 5.52. The quantitative estimate of drug-likeness (QED) is 0.811. The van der Waals surface area contributed by atoms with Crippen LogP contribution in [0.25, 0.3) is 10.9 Å². The van der Waals surface area contributed by atoms with Crippen molar-refractivity contribution in [2.45, 2.75) is 6.92 Å². The van der Waals surface area contributed by atoms with Crippen LogP contribution in [0.5, 0.6) is 17.4 Å². The van der Waals surface area contributed by atoms with Crippen LogP contribution in [0.3, 0.4) is 0 Å². The summed E-state index contributed by atoms with van der Waals surface area (Å²) in [6, 6.07) is 1.67. The molecule has 0 unspecified atom stereocenters. The standard InChI is InChI=1S/C12H12Cl2N2O3/c1-4-19-11-6-5-7(13)9(17-2)10(18-3)8(6)15-12(14)16-11/h5H,4H2,1-3H3. The van der Waals surface area contributed by atoms with E-state index >= 15 is 0 Å². The Balaban J connectivity index is 2.85. The third-order valence-corrected chi connectivity index (χ3v) is 2.93. The summed E-state index contributed by atoms with van der Waals surface area (Å²) < 4.78 is 16.0. The predicted octanol–water partition coefficient (Wildman–Crippen LogP) is 3.35. The highest BCUT2D eigenvalue weighted by Gasteiger charge is 2.19. The van der Waals surface area contributed by atoms with Crippen molar-refractivity contribution < 1.29 is 14.2 Å². The number of halogens is 2. The van der Waals surface area contributed by atoms with E-state index in [1.165, 1.54) is 14.2 Å². The Morgan fingerprint density at radius 1 is 1.11 bits per heavy atom. The van der Waals surface area contributed by atoms with Gasteiger partial charge in [-0.1, -0.05) is 11.6 Å². The Bertz CT molecular complexity index is 620. The molecule has 0 aliphatic heterocycles. The SMILES string of the molecule is CCOc1nc(Cl)nc2c(OC)c(OC)c(Cl)cc12. The van der Waals surface area contributed by atoms with Gasteiger partial charge in [0.15, 0.2) is 11.5 Å². The van der Waals surface area contributed by atoms with E-state index in [4.69, 9.17) is 37.4 Å². The fourth-order valence-corrected chi connectivity index (χ4v) is 2.19. The van der Waals surface area contributed by atoms with Crippen LogP contribution >= 0.6 is 23.2 Å². The number of fused-ring (bicyclic) bond motifs is 1. The van der Waals surface area contributed by atoms with E-state index in [2.05, 4.69) is 9.97 Å². The molecule has 0 saturated heterocycles. The second-order valence-corrected chi connectivity index (χ2v) is 4.30. The third-order valence-electron chi connectivity index (χ3n) is 2.48. The van der Waals surface area contributed by atoms with E-state index in [9.17, 15) is 0 Å². The van der Waals surface area contributed by atoms with Crippen molar-refractivity contribution in [1.29, 1.82) is 0 Å². The molecule has 5 nitrogen and oxygen atoms in total. The van der Waals surface area contributed by atoms with E-state index in [1.54, 1.807) is 6.07 Å². The largest absolute Gasteiger partial charge is 0.491 e. The molecule has 0 bridgehead atoms. The van der Waals surface area contributed by atoms with Crippen LogP contribution in [-0.2, 0) is 0 Å². The third kappa shape index (κ3) is 2.48. The topological polar surface area (TPSA) is 53.5 Å². The molecule has 19 heavy (non-hydrogen) atoms. The molecule has 0 radical (unpaired) electrons. The lowest BCUT2D eigenvalue weighted by molar-refractivity contribution is 0.330. The monoisotopic (exact) mass is 302 g/mol. The molecular weight excluding hydrogens is 291 g/mol. The van der Waals surface area contributed by atoms with Crippen molar-refractivity contribution in [2.75, 3.05) is 20.8 Å². The molecule has 0 amide bonds. The Hall–Kier alpha value is -1.46. The first-order chi connectivity index (χ1) is 9.12. The maximum absolute atomic E-state index is 6.15. The predicted molar refractivity (Wildman–Crippen MR) is 73.8 cm³/mol. The number of aromatic nitrogens is 2. The number of hydrogen-bond donors (Lipinski definition) is 0. The van der Waals surface area contributed by atoms with Crippen LogP contribution in [0.2, 0.25) is 10.3 Å². The fourth-order valence-electron chi connectivity index (χ4n) is 1.76. The number of benzene rings is 1. The number of methoxy groups -OCH3 is 2. The minimum atomic E-state index is 0.0682. The van der Waals surface area contributed by atoms with Crippen LogP contribution in [-0.4, -0.2) is 30.8 Å². The maximum Gasteiger partial charge on any atom is 0.226 e. The molecule has 0 aliphatic rings. The molecule has 1 heterocycles. The molecular formula is C12H12Cl2N2O3. The van der Waals surface area contributed by atoms with Gasteiger partial charge in [-0.2, -0.15) is 4.98 Å². The smallest absolute Gasteiger partial charge is 0.226 e. The molecule has 0 spiro atoms. The summed E-state index contributed by atoms with van der Waals surface area (Å²) in [6.07, 6.45) is 0. The van der Waals surface area contributed by atoms with Gasteiger partial charge in [0, 0.05) is 0 Å². The van der Waals surface area contributed by atoms with Gasteiger partial charge in [-0.3, -0.25) is 0 Å². The highest BCUT2D eigenvalue weighted by molar-refractivity contribution is 6.33. The minimum absolute atomic E-state index is 0.0682. The Kier molecular flexibility index (Phi) is 4.17. The van der Waals surface area contributed by atoms with Crippen molar-refractivity contribution in [3.63, 3.8) is 0 Å². The minimum Gasteiger partial charge on any atom is -0.491 e. The summed E-state index contributed by atoms with van der Waals surface area (Å²) in [7, 11) is 3.01. The molecule has 1 aromatic heterocycles. The molecule has 0 aliphatic carbocycles. The first-order valence-corrected chi connectivity index (χ1v) is 6.28. The van der Waals surface area contributed by atoms with E-state index in [0.717, 1.165) is 0 Å². The summed E-state index contributed by atoms with van der Waals surface area (Å²) in [5.74, 6) is 1.16. The van der Waals surface area contributed by atoms with Gasteiger partial charge in [-0.25, -0.2) is 4.98 Å². The summed E-state index contributed by atoms with van der Waals surface area (Å²) in [5, 5.41) is 1.08. The lowest BCUT2D eigenvalue weighted by Crippen LogP contribution is -2.00. The van der Waals surface area contributed by atoms with E-state index in [-0.39, 0.29) is 5.28 Å². The second-order valence-electron chi connectivity index (χ2n) is 3.55. The summed E-state index contributed by atoms with van der Waals surface area (Å²) >= 11 is 12.0.